The molecule has 1 aromatic rings. The van der Waals surface area contributed by atoms with Crippen molar-refractivity contribution < 1.29 is 14.4 Å². The Labute approximate surface area is 106 Å². The molecule has 3 atom stereocenters. The highest BCUT2D eigenvalue weighted by atomic mass is 31.0. The van der Waals surface area contributed by atoms with Gasteiger partial charge in [0.2, 0.25) is 0 Å². The van der Waals surface area contributed by atoms with E-state index in [1.807, 2.05) is 0 Å². The number of nitrogens with zero attached hydrogens (tertiary/aromatic N) is 1. The predicted octanol–water partition coefficient (Wildman–Crippen LogP) is -0.625. The second-order valence-corrected chi connectivity index (χ2v) is 4.28. The Bertz CT molecular complexity index is 496. The molecule has 0 amide bonds. The molecule has 0 spiro atoms. The highest BCUT2D eigenvalue weighted by Gasteiger charge is 2.15. The third-order valence-corrected chi connectivity index (χ3v) is 2.61. The zero-order chi connectivity index (χ0) is 13.7. The van der Waals surface area contributed by atoms with E-state index in [-0.39, 0.29) is 13.3 Å². The smallest absolute Gasteiger partial charge is 0.330 e. The summed E-state index contributed by atoms with van der Waals surface area (Å²) >= 11 is 0. The number of H-pyrrole nitrogens is 1. The first-order valence-electron chi connectivity index (χ1n) is 5.37. The van der Waals surface area contributed by atoms with Gasteiger partial charge in [-0.15, -0.1) is 0 Å². The van der Waals surface area contributed by atoms with Crippen LogP contribution in [0.2, 0.25) is 0 Å². The van der Waals surface area contributed by atoms with E-state index >= 15 is 0 Å². The van der Waals surface area contributed by atoms with E-state index < -0.39 is 23.5 Å². The summed E-state index contributed by atoms with van der Waals surface area (Å²) in [5.41, 5.74) is -0.563. The quantitative estimate of drug-likeness (QED) is 0.675. The lowest BCUT2D eigenvalue weighted by atomic mass is 10.2. The molecular formula is C10H17N2O5P. The summed E-state index contributed by atoms with van der Waals surface area (Å²) in [5, 5.41) is 9.43. The van der Waals surface area contributed by atoms with Gasteiger partial charge in [0.25, 0.3) is 5.56 Å². The average Bonchev–Trinajstić information content (AvgIpc) is 2.30. The number of rotatable bonds is 6. The Morgan fingerprint density at radius 1 is 1.56 bits per heavy atom. The predicted molar refractivity (Wildman–Crippen MR) is 68.3 cm³/mol. The molecule has 0 aliphatic heterocycles. The van der Waals surface area contributed by atoms with Gasteiger partial charge < -0.3 is 14.4 Å². The first-order chi connectivity index (χ1) is 8.45. The van der Waals surface area contributed by atoms with Crippen LogP contribution < -0.4 is 11.2 Å². The molecule has 1 heterocycles. The van der Waals surface area contributed by atoms with Gasteiger partial charge in [0, 0.05) is 21.2 Å². The van der Waals surface area contributed by atoms with Gasteiger partial charge in [0.1, 0.15) is 12.8 Å². The van der Waals surface area contributed by atoms with E-state index in [0.717, 1.165) is 0 Å². The standard InChI is InChI=1S/C10H17N2O5P/c1-6-3-12(10(15)11-9(6)14)5-16-8(4-17-18)7(2)13/h3,7-8,13H,4-5,18H2,1-2H3,(H,11,14,15). The van der Waals surface area contributed by atoms with Crippen LogP contribution >= 0.6 is 9.47 Å². The number of aliphatic hydroxyl groups excluding tert-OH is 1. The van der Waals surface area contributed by atoms with Crippen LogP contribution in [0.15, 0.2) is 15.8 Å². The second-order valence-electron chi connectivity index (χ2n) is 3.95. The van der Waals surface area contributed by atoms with Crippen LogP contribution in [0.4, 0.5) is 0 Å². The lowest BCUT2D eigenvalue weighted by Crippen LogP contribution is -2.35. The van der Waals surface area contributed by atoms with Crippen molar-refractivity contribution in [1.29, 1.82) is 0 Å². The fraction of sp³-hybridized carbons (Fsp3) is 0.600. The third kappa shape index (κ3) is 4.03. The molecule has 0 aliphatic carbocycles. The Morgan fingerprint density at radius 3 is 2.78 bits per heavy atom. The molecule has 2 N–H and O–H groups in total. The molecule has 3 unspecified atom stereocenters. The van der Waals surface area contributed by atoms with Crippen LogP contribution in [0.5, 0.6) is 0 Å². The number of hydrogen-bond acceptors (Lipinski definition) is 5. The monoisotopic (exact) mass is 276 g/mol. The molecule has 0 bridgehead atoms. The van der Waals surface area contributed by atoms with Crippen LogP contribution in [-0.2, 0) is 16.0 Å². The maximum absolute atomic E-state index is 11.5. The minimum Gasteiger partial charge on any atom is -0.391 e. The summed E-state index contributed by atoms with van der Waals surface area (Å²) in [6, 6.07) is 0. The van der Waals surface area contributed by atoms with E-state index in [4.69, 9.17) is 9.26 Å². The van der Waals surface area contributed by atoms with Crippen molar-refractivity contribution in [2.45, 2.75) is 32.8 Å². The number of aryl methyl sites for hydroxylation is 1. The lowest BCUT2D eigenvalue weighted by molar-refractivity contribution is -0.0757. The van der Waals surface area contributed by atoms with Gasteiger partial charge in [-0.05, 0) is 13.8 Å². The Balaban J connectivity index is 2.76. The van der Waals surface area contributed by atoms with E-state index in [2.05, 4.69) is 14.5 Å². The molecule has 0 radical (unpaired) electrons. The first-order valence-corrected chi connectivity index (χ1v) is 5.84. The zero-order valence-electron chi connectivity index (χ0n) is 10.3. The van der Waals surface area contributed by atoms with Gasteiger partial charge in [-0.3, -0.25) is 14.3 Å². The summed E-state index contributed by atoms with van der Waals surface area (Å²) in [7, 11) is 2.06. The van der Waals surface area contributed by atoms with Crippen molar-refractivity contribution >= 4 is 9.47 Å². The average molecular weight is 276 g/mol. The topological polar surface area (TPSA) is 93.6 Å². The number of aromatic amines is 1. The van der Waals surface area contributed by atoms with Crippen molar-refractivity contribution in [3.8, 4) is 0 Å². The minimum atomic E-state index is -0.731. The maximum Gasteiger partial charge on any atom is 0.330 e. The second kappa shape index (κ2) is 6.80. The summed E-state index contributed by atoms with van der Waals surface area (Å²) in [6.07, 6.45) is 0.119. The van der Waals surface area contributed by atoms with E-state index in [1.54, 1.807) is 13.8 Å². The van der Waals surface area contributed by atoms with Gasteiger partial charge in [-0.1, -0.05) is 0 Å². The van der Waals surface area contributed by atoms with Crippen molar-refractivity contribution in [2.24, 2.45) is 0 Å². The largest absolute Gasteiger partial charge is 0.391 e. The number of ether oxygens (including phenoxy) is 1. The Hall–Kier alpha value is -1.01. The molecule has 0 aliphatic rings. The van der Waals surface area contributed by atoms with Crippen molar-refractivity contribution in [3.05, 3.63) is 32.6 Å². The minimum absolute atomic E-state index is 0.0694. The van der Waals surface area contributed by atoms with E-state index in [0.29, 0.717) is 5.56 Å². The fourth-order valence-electron chi connectivity index (χ4n) is 1.31. The molecule has 102 valence electrons. The lowest BCUT2D eigenvalue weighted by Gasteiger charge is -2.20. The number of hydrogen-bond donors (Lipinski definition) is 2. The molecule has 1 rings (SSSR count). The summed E-state index contributed by atoms with van der Waals surface area (Å²) in [5.74, 6) is 0. The van der Waals surface area contributed by atoms with Gasteiger partial charge in [-0.2, -0.15) is 0 Å². The van der Waals surface area contributed by atoms with Gasteiger partial charge in [0.15, 0.2) is 0 Å². The van der Waals surface area contributed by atoms with Gasteiger partial charge in [-0.25, -0.2) is 4.79 Å². The molecule has 0 saturated heterocycles. The number of aliphatic hydroxyl groups is 1. The summed E-state index contributed by atoms with van der Waals surface area (Å²) < 4.78 is 11.4. The highest BCUT2D eigenvalue weighted by Crippen LogP contribution is 2.03. The van der Waals surface area contributed by atoms with Crippen LogP contribution in [0.3, 0.4) is 0 Å². The number of nitrogens with one attached hydrogen (secondary N) is 1. The van der Waals surface area contributed by atoms with Crippen molar-refractivity contribution in [2.75, 3.05) is 6.61 Å². The van der Waals surface area contributed by atoms with E-state index in [9.17, 15) is 14.7 Å². The fourth-order valence-corrected chi connectivity index (χ4v) is 1.50. The summed E-state index contributed by atoms with van der Waals surface area (Å²) in [6.45, 7) is 3.27. The van der Waals surface area contributed by atoms with Crippen molar-refractivity contribution in [3.63, 3.8) is 0 Å². The van der Waals surface area contributed by atoms with Gasteiger partial charge >= 0.3 is 5.69 Å². The molecule has 0 saturated carbocycles. The zero-order valence-corrected chi connectivity index (χ0v) is 11.4. The normalized spacial score (nSPS) is 14.4. The highest BCUT2D eigenvalue weighted by molar-refractivity contribution is 7.09. The summed E-state index contributed by atoms with van der Waals surface area (Å²) in [4.78, 5) is 24.8. The molecule has 8 heteroatoms. The van der Waals surface area contributed by atoms with Crippen LogP contribution in [-0.4, -0.2) is 33.5 Å². The van der Waals surface area contributed by atoms with E-state index in [1.165, 1.54) is 10.8 Å². The Kier molecular flexibility index (Phi) is 5.68. The SMILES string of the molecule is Cc1cn(COC(COP)C(C)O)c(=O)[nH]c1=O. The molecule has 7 nitrogen and oxygen atoms in total. The first kappa shape index (κ1) is 15.0. The Morgan fingerprint density at radius 2 is 2.22 bits per heavy atom. The van der Waals surface area contributed by atoms with Gasteiger partial charge in [0.05, 0.1) is 12.7 Å². The molecule has 18 heavy (non-hydrogen) atoms. The third-order valence-electron chi connectivity index (χ3n) is 2.42. The number of aromatic nitrogens is 2. The molecule has 0 aromatic carbocycles. The van der Waals surface area contributed by atoms with Crippen LogP contribution in [0.25, 0.3) is 0 Å². The molecule has 0 fully saturated rings. The maximum atomic E-state index is 11.5. The van der Waals surface area contributed by atoms with Crippen molar-refractivity contribution in [1.82, 2.24) is 9.55 Å². The van der Waals surface area contributed by atoms with Crippen LogP contribution in [0, 0.1) is 6.92 Å². The molecule has 1 aromatic heterocycles. The molecular weight excluding hydrogens is 259 g/mol. The van der Waals surface area contributed by atoms with Crippen LogP contribution in [0.1, 0.15) is 12.5 Å².